The van der Waals surface area contributed by atoms with Gasteiger partial charge in [-0.2, -0.15) is 0 Å². The lowest BCUT2D eigenvalue weighted by Gasteiger charge is -2.40. The zero-order valence-corrected chi connectivity index (χ0v) is 19.8. The monoisotopic (exact) mass is 492 g/mol. The Morgan fingerprint density at radius 2 is 1.78 bits per heavy atom. The molecule has 0 aromatic rings. The third-order valence-corrected chi connectivity index (χ3v) is 5.81. The van der Waals surface area contributed by atoms with Crippen LogP contribution in [0.1, 0.15) is 72.6 Å². The molecule has 3 rings (SSSR count). The molecule has 7 heteroatoms. The molecule has 27 heavy (non-hydrogen) atoms. The molecule has 3 fully saturated rings. The van der Waals surface area contributed by atoms with E-state index in [4.69, 9.17) is 4.74 Å². The van der Waals surface area contributed by atoms with Crippen molar-refractivity contribution in [3.05, 3.63) is 0 Å². The zero-order chi connectivity index (χ0) is 18.9. The van der Waals surface area contributed by atoms with Gasteiger partial charge >= 0.3 is 6.09 Å². The van der Waals surface area contributed by atoms with Crippen molar-refractivity contribution >= 4 is 36.0 Å². The molecule has 1 aliphatic carbocycles. The number of guanidine groups is 1. The first-order chi connectivity index (χ1) is 12.3. The smallest absolute Gasteiger partial charge is 0.410 e. The molecule has 6 nitrogen and oxygen atoms in total. The Balaban J connectivity index is 0.00000261. The number of nitrogens with zero attached hydrogens (tertiary/aromatic N) is 2. The third-order valence-electron chi connectivity index (χ3n) is 5.81. The lowest BCUT2D eigenvalue weighted by molar-refractivity contribution is 0.00545. The van der Waals surface area contributed by atoms with Crippen LogP contribution < -0.4 is 10.6 Å². The van der Waals surface area contributed by atoms with Crippen LogP contribution in [0.25, 0.3) is 0 Å². The molecule has 3 aliphatic rings. The Kier molecular flexibility index (Phi) is 7.67. The topological polar surface area (TPSA) is 66.0 Å². The maximum atomic E-state index is 12.6. The summed E-state index contributed by atoms with van der Waals surface area (Å²) in [6.07, 6.45) is 7.76. The standard InChI is InChI=1S/C20H36N4O2.HI/c1-6-7-13-10-17(13)23-18(21-5)22-14-11-15-8-9-16(12-14)24(15)19(25)26-20(2,3)4;/h13-17H,6-12H2,1-5H3,(H2,21,22,23);1H. The Labute approximate surface area is 181 Å². The van der Waals surface area contributed by atoms with Gasteiger partial charge in [-0.3, -0.25) is 4.99 Å². The molecule has 156 valence electrons. The van der Waals surface area contributed by atoms with Crippen LogP contribution in [-0.2, 0) is 4.74 Å². The molecule has 1 saturated carbocycles. The summed E-state index contributed by atoms with van der Waals surface area (Å²) in [5, 5.41) is 7.18. The summed E-state index contributed by atoms with van der Waals surface area (Å²) in [5.74, 6) is 1.73. The number of halogens is 1. The van der Waals surface area contributed by atoms with Crippen molar-refractivity contribution in [3.63, 3.8) is 0 Å². The van der Waals surface area contributed by atoms with Gasteiger partial charge in [-0.25, -0.2) is 4.79 Å². The molecular formula is C20H37IN4O2. The van der Waals surface area contributed by atoms with Crippen LogP contribution in [0.3, 0.4) is 0 Å². The van der Waals surface area contributed by atoms with Crippen molar-refractivity contribution in [2.75, 3.05) is 7.05 Å². The van der Waals surface area contributed by atoms with Crippen molar-refractivity contribution in [3.8, 4) is 0 Å². The fraction of sp³-hybridized carbons (Fsp3) is 0.900. The highest BCUT2D eigenvalue weighted by Gasteiger charge is 2.45. The van der Waals surface area contributed by atoms with Gasteiger partial charge in [0.2, 0.25) is 0 Å². The first kappa shape index (κ1) is 22.6. The molecule has 2 N–H and O–H groups in total. The number of hydrogen-bond donors (Lipinski definition) is 2. The molecule has 0 aromatic heterocycles. The summed E-state index contributed by atoms with van der Waals surface area (Å²) < 4.78 is 5.62. The molecule has 2 bridgehead atoms. The Morgan fingerprint density at radius 1 is 1.15 bits per heavy atom. The summed E-state index contributed by atoms with van der Waals surface area (Å²) in [5.41, 5.74) is -0.434. The number of amides is 1. The van der Waals surface area contributed by atoms with E-state index >= 15 is 0 Å². The summed E-state index contributed by atoms with van der Waals surface area (Å²) in [7, 11) is 1.84. The van der Waals surface area contributed by atoms with E-state index in [9.17, 15) is 4.79 Å². The normalized spacial score (nSPS) is 32.6. The van der Waals surface area contributed by atoms with E-state index in [1.54, 1.807) is 0 Å². The van der Waals surface area contributed by atoms with Crippen LogP contribution in [-0.4, -0.2) is 53.8 Å². The average molecular weight is 492 g/mol. The second-order valence-electron chi connectivity index (χ2n) is 9.19. The molecule has 4 unspecified atom stereocenters. The fourth-order valence-electron chi connectivity index (χ4n) is 4.56. The number of aliphatic imine (C=N–C) groups is 1. The van der Waals surface area contributed by atoms with E-state index in [2.05, 4.69) is 22.5 Å². The van der Waals surface area contributed by atoms with Gasteiger partial charge in [0.05, 0.1) is 0 Å². The number of piperidine rings is 1. The molecule has 0 radical (unpaired) electrons. The zero-order valence-electron chi connectivity index (χ0n) is 17.5. The van der Waals surface area contributed by atoms with Crippen LogP contribution in [0.4, 0.5) is 4.79 Å². The molecule has 4 atom stereocenters. The first-order valence-corrected chi connectivity index (χ1v) is 10.3. The molecule has 2 aliphatic heterocycles. The highest BCUT2D eigenvalue weighted by molar-refractivity contribution is 14.0. The van der Waals surface area contributed by atoms with Gasteiger partial charge in [-0.05, 0) is 65.2 Å². The number of ether oxygens (including phenoxy) is 1. The van der Waals surface area contributed by atoms with E-state index < -0.39 is 5.60 Å². The van der Waals surface area contributed by atoms with Gasteiger partial charge in [-0.1, -0.05) is 13.3 Å². The van der Waals surface area contributed by atoms with E-state index in [1.807, 2.05) is 32.7 Å². The summed E-state index contributed by atoms with van der Waals surface area (Å²) in [6, 6.07) is 1.53. The quantitative estimate of drug-likeness (QED) is 0.355. The molecule has 2 saturated heterocycles. The van der Waals surface area contributed by atoms with E-state index in [1.165, 1.54) is 19.3 Å². The second kappa shape index (κ2) is 9.18. The van der Waals surface area contributed by atoms with Gasteiger partial charge in [0.25, 0.3) is 0 Å². The van der Waals surface area contributed by atoms with Gasteiger partial charge in [0.1, 0.15) is 5.60 Å². The lowest BCUT2D eigenvalue weighted by Crippen LogP contribution is -2.55. The largest absolute Gasteiger partial charge is 0.444 e. The molecular weight excluding hydrogens is 455 g/mol. The number of rotatable bonds is 4. The van der Waals surface area contributed by atoms with Crippen LogP contribution in [0.2, 0.25) is 0 Å². The van der Waals surface area contributed by atoms with Crippen molar-refractivity contribution in [2.24, 2.45) is 10.9 Å². The summed E-state index contributed by atoms with van der Waals surface area (Å²) >= 11 is 0. The number of carbonyl (C=O) groups excluding carboxylic acids is 1. The van der Waals surface area contributed by atoms with E-state index in [0.717, 1.165) is 37.6 Å². The third kappa shape index (κ3) is 5.87. The number of fused-ring (bicyclic) bond motifs is 2. The van der Waals surface area contributed by atoms with Crippen LogP contribution in [0, 0.1) is 5.92 Å². The van der Waals surface area contributed by atoms with Crippen molar-refractivity contribution < 1.29 is 9.53 Å². The minimum Gasteiger partial charge on any atom is -0.444 e. The van der Waals surface area contributed by atoms with Crippen LogP contribution in [0.5, 0.6) is 0 Å². The van der Waals surface area contributed by atoms with Gasteiger partial charge < -0.3 is 20.3 Å². The Hall–Kier alpha value is -0.730. The van der Waals surface area contributed by atoms with E-state index in [0.29, 0.717) is 12.1 Å². The highest BCUT2D eigenvalue weighted by Crippen LogP contribution is 2.37. The van der Waals surface area contributed by atoms with Crippen molar-refractivity contribution in [1.29, 1.82) is 0 Å². The maximum Gasteiger partial charge on any atom is 0.410 e. The first-order valence-electron chi connectivity index (χ1n) is 10.3. The van der Waals surface area contributed by atoms with Crippen molar-refractivity contribution in [2.45, 2.75) is 102 Å². The number of hydrogen-bond acceptors (Lipinski definition) is 3. The number of carbonyl (C=O) groups is 1. The Bertz CT molecular complexity index is 535. The predicted octanol–water partition coefficient (Wildman–Crippen LogP) is 3.89. The minimum atomic E-state index is -0.434. The molecule has 1 amide bonds. The molecule has 0 spiro atoms. The highest BCUT2D eigenvalue weighted by atomic mass is 127. The predicted molar refractivity (Wildman–Crippen MR) is 120 cm³/mol. The van der Waals surface area contributed by atoms with Gasteiger partial charge in [0.15, 0.2) is 5.96 Å². The van der Waals surface area contributed by atoms with Crippen LogP contribution in [0.15, 0.2) is 4.99 Å². The molecule has 0 aromatic carbocycles. The minimum absolute atomic E-state index is 0. The lowest BCUT2D eigenvalue weighted by atomic mass is 9.98. The van der Waals surface area contributed by atoms with Gasteiger partial charge in [-0.15, -0.1) is 24.0 Å². The molecule has 2 heterocycles. The maximum absolute atomic E-state index is 12.6. The fourth-order valence-corrected chi connectivity index (χ4v) is 4.56. The van der Waals surface area contributed by atoms with Crippen molar-refractivity contribution in [1.82, 2.24) is 15.5 Å². The van der Waals surface area contributed by atoms with Gasteiger partial charge in [0, 0.05) is 31.2 Å². The number of nitrogens with one attached hydrogen (secondary N) is 2. The summed E-state index contributed by atoms with van der Waals surface area (Å²) in [6.45, 7) is 8.04. The average Bonchev–Trinajstić information content (AvgIpc) is 3.21. The second-order valence-corrected chi connectivity index (χ2v) is 9.19. The van der Waals surface area contributed by atoms with E-state index in [-0.39, 0.29) is 42.2 Å². The Morgan fingerprint density at radius 3 is 2.30 bits per heavy atom. The van der Waals surface area contributed by atoms with Crippen LogP contribution >= 0.6 is 24.0 Å². The summed E-state index contributed by atoms with van der Waals surface area (Å²) in [4.78, 5) is 19.0. The SMILES string of the molecule is CCCC1CC1NC(=NC)NC1CC2CCC(C1)N2C(=O)OC(C)(C)C.I.